The smallest absolute Gasteiger partial charge is 0.331 e. The molecule has 144 valence electrons. The van der Waals surface area contributed by atoms with Gasteiger partial charge in [0.2, 0.25) is 0 Å². The first-order chi connectivity index (χ1) is 14.1. The van der Waals surface area contributed by atoms with Crippen LogP contribution in [-0.2, 0) is 0 Å². The number of rotatable bonds is 6. The number of nitrogens with two attached hydrogens (primary N) is 2. The third-order valence-corrected chi connectivity index (χ3v) is 3.70. The fourth-order valence-electron chi connectivity index (χ4n) is 2.33. The van der Waals surface area contributed by atoms with Gasteiger partial charge in [-0.3, -0.25) is 0 Å². The lowest BCUT2D eigenvalue weighted by atomic mass is 10.3. The van der Waals surface area contributed by atoms with E-state index < -0.39 is 0 Å². The van der Waals surface area contributed by atoms with Gasteiger partial charge in [0.05, 0.1) is 0 Å². The number of anilines is 2. The van der Waals surface area contributed by atoms with Crippen LogP contribution >= 0.6 is 0 Å². The minimum atomic E-state index is 0.0150. The van der Waals surface area contributed by atoms with Crippen molar-refractivity contribution in [3.8, 4) is 35.3 Å². The Balaban J connectivity index is 1.64. The molecule has 0 saturated carbocycles. The fraction of sp³-hybridized carbons (Fsp3) is 0. The summed E-state index contributed by atoms with van der Waals surface area (Å²) in [7, 11) is 0. The van der Waals surface area contributed by atoms with Gasteiger partial charge >= 0.3 is 18.0 Å². The second-order valence-corrected chi connectivity index (χ2v) is 5.94. The van der Waals surface area contributed by atoms with Gasteiger partial charge in [-0.05, 0) is 60.7 Å². The summed E-state index contributed by atoms with van der Waals surface area (Å²) in [5, 5.41) is 0. The average Bonchev–Trinajstić information content (AvgIpc) is 2.72. The number of nitrogen functional groups attached to an aromatic ring is 2. The summed E-state index contributed by atoms with van der Waals surface area (Å²) >= 11 is 0. The first-order valence-corrected chi connectivity index (χ1v) is 8.70. The van der Waals surface area contributed by atoms with Crippen LogP contribution in [0, 0.1) is 0 Å². The van der Waals surface area contributed by atoms with Crippen LogP contribution in [0.2, 0.25) is 0 Å². The van der Waals surface area contributed by atoms with E-state index in [0.29, 0.717) is 28.6 Å². The van der Waals surface area contributed by atoms with E-state index in [1.165, 1.54) is 0 Å². The third kappa shape index (κ3) is 4.89. The zero-order valence-electron chi connectivity index (χ0n) is 15.2. The topological polar surface area (TPSA) is 118 Å². The summed E-state index contributed by atoms with van der Waals surface area (Å²) in [6.45, 7) is 0. The Morgan fingerprint density at radius 2 is 0.793 bits per heavy atom. The Bertz CT molecular complexity index is 1020. The van der Waals surface area contributed by atoms with Gasteiger partial charge < -0.3 is 25.7 Å². The molecule has 29 heavy (non-hydrogen) atoms. The Labute approximate surface area is 166 Å². The van der Waals surface area contributed by atoms with Gasteiger partial charge in [0.15, 0.2) is 0 Å². The van der Waals surface area contributed by atoms with Gasteiger partial charge in [0, 0.05) is 11.4 Å². The van der Waals surface area contributed by atoms with Gasteiger partial charge in [-0.2, -0.15) is 0 Å². The summed E-state index contributed by atoms with van der Waals surface area (Å²) in [5.74, 6) is 1.58. The van der Waals surface area contributed by atoms with Gasteiger partial charge in [0.1, 0.15) is 17.2 Å². The predicted molar refractivity (Wildman–Crippen MR) is 108 cm³/mol. The molecule has 0 spiro atoms. The maximum Gasteiger partial charge on any atom is 0.331 e. The molecular formula is C21H17N5O3. The van der Waals surface area contributed by atoms with Gasteiger partial charge in [-0.1, -0.05) is 18.2 Å². The van der Waals surface area contributed by atoms with Crippen LogP contribution in [0.5, 0.6) is 35.3 Å². The molecule has 8 nitrogen and oxygen atoms in total. The van der Waals surface area contributed by atoms with E-state index in [1.807, 2.05) is 18.2 Å². The molecule has 0 unspecified atom stereocenters. The lowest BCUT2D eigenvalue weighted by molar-refractivity contribution is 0.362. The molecule has 0 fully saturated rings. The maximum absolute atomic E-state index is 5.71. The summed E-state index contributed by atoms with van der Waals surface area (Å²) < 4.78 is 17.1. The lowest BCUT2D eigenvalue weighted by Crippen LogP contribution is -2.01. The van der Waals surface area contributed by atoms with Crippen LogP contribution in [0.15, 0.2) is 78.9 Å². The Kier molecular flexibility index (Phi) is 5.06. The van der Waals surface area contributed by atoms with E-state index in [9.17, 15) is 0 Å². The highest BCUT2D eigenvalue weighted by Gasteiger charge is 2.13. The van der Waals surface area contributed by atoms with Gasteiger partial charge in [-0.15, -0.1) is 15.0 Å². The number of ether oxygens (including phenoxy) is 3. The molecule has 3 aromatic carbocycles. The van der Waals surface area contributed by atoms with E-state index in [1.54, 1.807) is 60.7 Å². The molecule has 4 rings (SSSR count). The number of benzene rings is 3. The largest absolute Gasteiger partial charge is 0.424 e. The summed E-state index contributed by atoms with van der Waals surface area (Å²) in [6.07, 6.45) is 0. The molecule has 1 heterocycles. The molecule has 0 amide bonds. The normalized spacial score (nSPS) is 10.3. The van der Waals surface area contributed by atoms with E-state index in [-0.39, 0.29) is 18.0 Å². The summed E-state index contributed by atoms with van der Waals surface area (Å²) in [5.41, 5.74) is 12.6. The van der Waals surface area contributed by atoms with Crippen molar-refractivity contribution in [2.75, 3.05) is 11.5 Å². The highest BCUT2D eigenvalue weighted by atomic mass is 16.5. The lowest BCUT2D eigenvalue weighted by Gasteiger charge is -2.09. The summed E-state index contributed by atoms with van der Waals surface area (Å²) in [4.78, 5) is 12.6. The average molecular weight is 387 g/mol. The third-order valence-electron chi connectivity index (χ3n) is 3.70. The van der Waals surface area contributed by atoms with Crippen LogP contribution in [0.4, 0.5) is 11.4 Å². The van der Waals surface area contributed by atoms with Crippen molar-refractivity contribution in [1.82, 2.24) is 15.0 Å². The second kappa shape index (κ2) is 8.13. The van der Waals surface area contributed by atoms with E-state index in [0.717, 1.165) is 0 Å². The highest BCUT2D eigenvalue weighted by Crippen LogP contribution is 2.27. The molecule has 4 N–H and O–H groups in total. The van der Waals surface area contributed by atoms with Crippen LogP contribution in [0.3, 0.4) is 0 Å². The van der Waals surface area contributed by atoms with E-state index in [2.05, 4.69) is 15.0 Å². The molecule has 0 saturated heterocycles. The molecule has 0 aliphatic carbocycles. The molecule has 0 aliphatic rings. The quantitative estimate of drug-likeness (QED) is 0.467. The van der Waals surface area contributed by atoms with E-state index in [4.69, 9.17) is 25.7 Å². The number of para-hydroxylation sites is 1. The monoisotopic (exact) mass is 387 g/mol. The SMILES string of the molecule is Nc1ccc(Oc2nc(Oc3ccccc3)nc(Oc3ccc(N)cc3)n2)cc1. The van der Waals surface area contributed by atoms with Crippen molar-refractivity contribution in [3.05, 3.63) is 78.9 Å². The first kappa shape index (κ1) is 18.1. The molecule has 0 aliphatic heterocycles. The van der Waals surface area contributed by atoms with Crippen molar-refractivity contribution in [3.63, 3.8) is 0 Å². The Morgan fingerprint density at radius 3 is 1.17 bits per heavy atom. The van der Waals surface area contributed by atoms with Crippen molar-refractivity contribution in [2.45, 2.75) is 0 Å². The van der Waals surface area contributed by atoms with Crippen molar-refractivity contribution < 1.29 is 14.2 Å². The number of hydrogen-bond acceptors (Lipinski definition) is 8. The summed E-state index contributed by atoms with van der Waals surface area (Å²) in [6, 6.07) is 22.9. The molecule has 4 aromatic rings. The molecule has 0 bridgehead atoms. The van der Waals surface area contributed by atoms with E-state index >= 15 is 0 Å². The Hall–Kier alpha value is -4.33. The van der Waals surface area contributed by atoms with Gasteiger partial charge in [0.25, 0.3) is 0 Å². The van der Waals surface area contributed by atoms with Gasteiger partial charge in [-0.25, -0.2) is 0 Å². The number of nitrogens with zero attached hydrogens (tertiary/aromatic N) is 3. The molecule has 0 radical (unpaired) electrons. The number of aromatic nitrogens is 3. The molecule has 8 heteroatoms. The highest BCUT2D eigenvalue weighted by molar-refractivity contribution is 5.43. The molecule has 1 aromatic heterocycles. The second-order valence-electron chi connectivity index (χ2n) is 5.94. The minimum Gasteiger partial charge on any atom is -0.424 e. The molecular weight excluding hydrogens is 370 g/mol. The molecule has 0 atom stereocenters. The van der Waals surface area contributed by atoms with Crippen LogP contribution in [-0.4, -0.2) is 15.0 Å². The van der Waals surface area contributed by atoms with Crippen LogP contribution in [0.1, 0.15) is 0 Å². The fourth-order valence-corrected chi connectivity index (χ4v) is 2.33. The van der Waals surface area contributed by atoms with Crippen molar-refractivity contribution >= 4 is 11.4 Å². The zero-order chi connectivity index (χ0) is 20.1. The Morgan fingerprint density at radius 1 is 0.448 bits per heavy atom. The predicted octanol–water partition coefficient (Wildman–Crippen LogP) is 4.41. The zero-order valence-corrected chi connectivity index (χ0v) is 15.2. The van der Waals surface area contributed by atoms with Crippen molar-refractivity contribution in [1.29, 1.82) is 0 Å². The standard InChI is InChI=1S/C21H17N5O3/c22-14-6-10-17(11-7-14)28-20-24-19(27-16-4-2-1-3-5-16)25-21(26-20)29-18-12-8-15(23)9-13-18/h1-13H,22-23H2. The van der Waals surface area contributed by atoms with Crippen LogP contribution in [0.25, 0.3) is 0 Å². The van der Waals surface area contributed by atoms with Crippen LogP contribution < -0.4 is 25.7 Å². The minimum absolute atomic E-state index is 0.0150. The maximum atomic E-state index is 5.71. The first-order valence-electron chi connectivity index (χ1n) is 8.70. The number of hydrogen-bond donors (Lipinski definition) is 2. The van der Waals surface area contributed by atoms with Crippen molar-refractivity contribution in [2.24, 2.45) is 0 Å².